The van der Waals surface area contributed by atoms with Gasteiger partial charge in [0, 0.05) is 9.52 Å². The van der Waals surface area contributed by atoms with E-state index in [1.54, 1.807) is 0 Å². The Morgan fingerprint density at radius 1 is 1.16 bits per heavy atom. The molecular formula is C14H24O3SSi. The van der Waals surface area contributed by atoms with Crippen LogP contribution < -0.4 is 0 Å². The van der Waals surface area contributed by atoms with Crippen LogP contribution >= 0.6 is 0 Å². The molecule has 0 aromatic heterocycles. The van der Waals surface area contributed by atoms with Crippen molar-refractivity contribution in [2.45, 2.75) is 56.0 Å². The van der Waals surface area contributed by atoms with Gasteiger partial charge in [0.2, 0.25) is 0 Å². The van der Waals surface area contributed by atoms with Gasteiger partial charge >= 0.3 is 0 Å². The molecule has 0 saturated heterocycles. The van der Waals surface area contributed by atoms with E-state index in [1.165, 1.54) is 17.7 Å². The van der Waals surface area contributed by atoms with E-state index >= 15 is 0 Å². The highest BCUT2D eigenvalue weighted by Gasteiger charge is 2.29. The van der Waals surface area contributed by atoms with Crippen molar-refractivity contribution in [3.05, 3.63) is 29.8 Å². The van der Waals surface area contributed by atoms with Crippen LogP contribution in [0.1, 0.15) is 46.1 Å². The first-order chi connectivity index (χ1) is 8.75. The normalized spacial score (nSPS) is 13.6. The van der Waals surface area contributed by atoms with Crippen molar-refractivity contribution in [2.75, 3.05) is 0 Å². The highest BCUT2D eigenvalue weighted by Crippen LogP contribution is 2.33. The molecule has 0 aliphatic heterocycles. The Hall–Kier alpha value is -0.653. The van der Waals surface area contributed by atoms with Gasteiger partial charge in [0.1, 0.15) is 0 Å². The lowest BCUT2D eigenvalue weighted by molar-refractivity contribution is 0.483. The van der Waals surface area contributed by atoms with Crippen molar-refractivity contribution in [3.8, 4) is 0 Å². The summed E-state index contributed by atoms with van der Waals surface area (Å²) in [6, 6.07) is 6.76. The molecule has 0 amide bonds. The first-order valence-corrected chi connectivity index (χ1v) is 9.79. The molecule has 0 aliphatic rings. The van der Waals surface area contributed by atoms with Crippen molar-refractivity contribution in [1.29, 1.82) is 0 Å². The van der Waals surface area contributed by atoms with Crippen molar-refractivity contribution in [1.82, 2.24) is 0 Å². The minimum Gasteiger partial charge on any atom is -0.282 e. The van der Waals surface area contributed by atoms with E-state index < -0.39 is 10.1 Å². The molecule has 0 saturated carbocycles. The number of hydrogen-bond acceptors (Lipinski definition) is 2. The molecule has 0 atom stereocenters. The van der Waals surface area contributed by atoms with E-state index in [4.69, 9.17) is 4.55 Å². The maximum Gasteiger partial charge on any atom is 0.294 e. The second kappa shape index (κ2) is 6.20. The van der Waals surface area contributed by atoms with Crippen LogP contribution in [0.25, 0.3) is 0 Å². The molecule has 1 N–H and O–H groups in total. The van der Waals surface area contributed by atoms with Gasteiger partial charge in [-0.15, -0.1) is 0 Å². The summed E-state index contributed by atoms with van der Waals surface area (Å²) in [6.07, 6.45) is 2.16. The summed E-state index contributed by atoms with van der Waals surface area (Å²) >= 11 is 0. The first kappa shape index (κ1) is 16.4. The third kappa shape index (κ3) is 3.90. The Kier molecular flexibility index (Phi) is 5.35. The first-order valence-electron chi connectivity index (χ1n) is 6.83. The monoisotopic (exact) mass is 300 g/mol. The molecule has 1 rings (SSSR count). The van der Waals surface area contributed by atoms with E-state index in [0.29, 0.717) is 0 Å². The zero-order valence-electron chi connectivity index (χ0n) is 12.2. The van der Waals surface area contributed by atoms with E-state index in [9.17, 15) is 8.42 Å². The van der Waals surface area contributed by atoms with Crippen molar-refractivity contribution < 1.29 is 13.0 Å². The van der Waals surface area contributed by atoms with Crippen LogP contribution in [-0.4, -0.2) is 22.5 Å². The van der Waals surface area contributed by atoms with Crippen LogP contribution in [0.4, 0.5) is 0 Å². The fraction of sp³-hybridized carbons (Fsp3) is 0.571. The summed E-state index contributed by atoms with van der Waals surface area (Å²) in [5, 5.41) is 0.228. The van der Waals surface area contributed by atoms with Gasteiger partial charge in [-0.2, -0.15) is 8.42 Å². The van der Waals surface area contributed by atoms with Crippen LogP contribution in [0, 0.1) is 0 Å². The fourth-order valence-electron chi connectivity index (χ4n) is 2.83. The summed E-state index contributed by atoms with van der Waals surface area (Å²) < 4.78 is 31.2. The maximum atomic E-state index is 11.1. The lowest BCUT2D eigenvalue weighted by atomic mass is 9.92. The molecule has 108 valence electrons. The summed E-state index contributed by atoms with van der Waals surface area (Å²) in [6.45, 7) is 8.93. The highest BCUT2D eigenvalue weighted by atomic mass is 32.2. The third-order valence-electron chi connectivity index (χ3n) is 3.92. The number of rotatable bonds is 6. The standard InChI is InChI=1S/C14H24O3SSi/c1-5-14(6-2,19-11(3)4)12-7-9-13(10-8-12)18(15,16)17/h7-11H,5-6,19H2,1-4H3,(H,15,16,17). The zero-order valence-corrected chi connectivity index (χ0v) is 14.4. The summed E-state index contributed by atoms with van der Waals surface area (Å²) in [7, 11) is -4.39. The lowest BCUT2D eigenvalue weighted by Crippen LogP contribution is -2.33. The van der Waals surface area contributed by atoms with E-state index in [-0.39, 0.29) is 19.5 Å². The molecule has 0 heterocycles. The average molecular weight is 300 g/mol. The topological polar surface area (TPSA) is 54.4 Å². The van der Waals surface area contributed by atoms with Crippen molar-refractivity contribution in [3.63, 3.8) is 0 Å². The number of benzene rings is 1. The van der Waals surface area contributed by atoms with E-state index in [1.807, 2.05) is 12.1 Å². The average Bonchev–Trinajstić information content (AvgIpc) is 2.35. The van der Waals surface area contributed by atoms with Gasteiger partial charge in [0.25, 0.3) is 10.1 Å². The molecule has 0 unspecified atom stereocenters. The van der Waals surface area contributed by atoms with Crippen molar-refractivity contribution in [2.24, 2.45) is 0 Å². The van der Waals surface area contributed by atoms with Gasteiger partial charge in [-0.3, -0.25) is 4.55 Å². The molecule has 1 aromatic carbocycles. The van der Waals surface area contributed by atoms with Crippen LogP contribution in [0.15, 0.2) is 29.2 Å². The van der Waals surface area contributed by atoms with Gasteiger partial charge in [-0.25, -0.2) is 0 Å². The second-order valence-corrected chi connectivity index (χ2v) is 10.4. The number of hydrogen-bond donors (Lipinski definition) is 1. The molecule has 19 heavy (non-hydrogen) atoms. The Morgan fingerprint density at radius 3 is 1.95 bits per heavy atom. The van der Waals surface area contributed by atoms with Crippen LogP contribution in [0.3, 0.4) is 0 Å². The SMILES string of the molecule is CCC(CC)([SiH2]C(C)C)c1ccc(S(=O)(=O)O)cc1. The molecule has 0 bridgehead atoms. The minimum atomic E-state index is -4.09. The van der Waals surface area contributed by atoms with E-state index in [0.717, 1.165) is 18.4 Å². The Bertz CT molecular complexity index is 502. The van der Waals surface area contributed by atoms with Gasteiger partial charge < -0.3 is 0 Å². The fourth-order valence-corrected chi connectivity index (χ4v) is 5.92. The molecule has 0 radical (unpaired) electrons. The predicted molar refractivity (Wildman–Crippen MR) is 82.2 cm³/mol. The predicted octanol–water partition coefficient (Wildman–Crippen LogP) is 2.95. The van der Waals surface area contributed by atoms with Crippen LogP contribution in [0.5, 0.6) is 0 Å². The highest BCUT2D eigenvalue weighted by molar-refractivity contribution is 7.85. The third-order valence-corrected chi connectivity index (χ3v) is 7.79. The van der Waals surface area contributed by atoms with Gasteiger partial charge in [0.15, 0.2) is 0 Å². The Balaban J connectivity index is 3.18. The minimum absolute atomic E-state index is 0.0245. The molecule has 0 spiro atoms. The summed E-state index contributed by atoms with van der Waals surface area (Å²) in [5.41, 5.74) is 1.94. The van der Waals surface area contributed by atoms with Gasteiger partial charge in [-0.1, -0.05) is 45.4 Å². The molecule has 1 aromatic rings. The molecule has 0 fully saturated rings. The Morgan fingerprint density at radius 2 is 1.63 bits per heavy atom. The molecular weight excluding hydrogens is 276 g/mol. The quantitative estimate of drug-likeness (QED) is 0.649. The molecule has 3 nitrogen and oxygen atoms in total. The summed E-state index contributed by atoms with van der Waals surface area (Å²) in [4.78, 5) is -0.0245. The maximum absolute atomic E-state index is 11.1. The molecule has 5 heteroatoms. The summed E-state index contributed by atoms with van der Waals surface area (Å²) in [5.74, 6) is 0. The van der Waals surface area contributed by atoms with Gasteiger partial charge in [0.05, 0.1) is 4.90 Å². The largest absolute Gasteiger partial charge is 0.294 e. The Labute approximate surface area is 119 Å². The van der Waals surface area contributed by atoms with Crippen LogP contribution in [0.2, 0.25) is 5.54 Å². The molecule has 0 aliphatic carbocycles. The van der Waals surface area contributed by atoms with Crippen molar-refractivity contribution >= 4 is 19.6 Å². The second-order valence-electron chi connectivity index (χ2n) is 5.58. The van der Waals surface area contributed by atoms with Crippen LogP contribution in [-0.2, 0) is 15.2 Å². The smallest absolute Gasteiger partial charge is 0.282 e. The van der Waals surface area contributed by atoms with Gasteiger partial charge in [-0.05, 0) is 35.6 Å². The zero-order chi connectivity index (χ0) is 14.7. The van der Waals surface area contributed by atoms with E-state index in [2.05, 4.69) is 27.7 Å². The lowest BCUT2D eigenvalue weighted by Gasteiger charge is -2.34.